The Morgan fingerprint density at radius 3 is 2.23 bits per heavy atom. The van der Waals surface area contributed by atoms with Crippen LogP contribution < -0.4 is 21.3 Å². The number of furan rings is 1. The highest BCUT2D eigenvalue weighted by Crippen LogP contribution is 2.18. The van der Waals surface area contributed by atoms with Crippen molar-refractivity contribution in [2.24, 2.45) is 17.8 Å². The predicted octanol–water partition coefficient (Wildman–Crippen LogP) is 2.09. The Bertz CT molecular complexity index is 1000. The molecule has 1 aliphatic heterocycles. The van der Waals surface area contributed by atoms with Crippen molar-refractivity contribution in [2.45, 2.75) is 78.4 Å². The van der Waals surface area contributed by atoms with Crippen LogP contribution in [-0.4, -0.2) is 60.9 Å². The molecular formula is C28H42N4O7. The van der Waals surface area contributed by atoms with Crippen LogP contribution in [0.5, 0.6) is 0 Å². The van der Waals surface area contributed by atoms with Crippen LogP contribution in [0.15, 0.2) is 35.0 Å². The Hall–Kier alpha value is -3.63. The fourth-order valence-corrected chi connectivity index (χ4v) is 4.35. The van der Waals surface area contributed by atoms with E-state index in [0.29, 0.717) is 32.2 Å². The van der Waals surface area contributed by atoms with E-state index >= 15 is 0 Å². The van der Waals surface area contributed by atoms with Crippen LogP contribution in [-0.2, 0) is 23.9 Å². The summed E-state index contributed by atoms with van der Waals surface area (Å²) in [6, 6.07) is 0.670. The van der Waals surface area contributed by atoms with Crippen LogP contribution in [0.2, 0.25) is 0 Å². The van der Waals surface area contributed by atoms with Crippen LogP contribution in [0, 0.1) is 17.8 Å². The van der Waals surface area contributed by atoms with Gasteiger partial charge in [-0.2, -0.15) is 0 Å². The van der Waals surface area contributed by atoms with Gasteiger partial charge in [0.25, 0.3) is 5.91 Å². The molecule has 39 heavy (non-hydrogen) atoms. The number of nitrogens with one attached hydrogen (secondary N) is 4. The highest BCUT2D eigenvalue weighted by molar-refractivity contribution is 5.96. The lowest BCUT2D eigenvalue weighted by Gasteiger charge is -2.26. The van der Waals surface area contributed by atoms with Crippen molar-refractivity contribution in [3.63, 3.8) is 0 Å². The summed E-state index contributed by atoms with van der Waals surface area (Å²) in [5.41, 5.74) is 0. The molecule has 11 nitrogen and oxygen atoms in total. The van der Waals surface area contributed by atoms with Crippen molar-refractivity contribution in [1.29, 1.82) is 0 Å². The van der Waals surface area contributed by atoms with Crippen molar-refractivity contribution >= 4 is 29.6 Å². The largest absolute Gasteiger partial charge is 0.463 e. The smallest absolute Gasteiger partial charge is 0.330 e. The first-order valence-corrected chi connectivity index (χ1v) is 13.6. The maximum Gasteiger partial charge on any atom is 0.330 e. The lowest BCUT2D eigenvalue weighted by Crippen LogP contribution is -2.55. The number of rotatable bonds is 15. The highest BCUT2D eigenvalue weighted by atomic mass is 16.5. The van der Waals surface area contributed by atoms with Gasteiger partial charge in [-0.15, -0.1) is 0 Å². The minimum atomic E-state index is -0.899. The second kappa shape index (κ2) is 15.7. The zero-order chi connectivity index (χ0) is 28.9. The van der Waals surface area contributed by atoms with Gasteiger partial charge < -0.3 is 30.4 Å². The normalized spacial score (nSPS) is 17.5. The average molecular weight is 547 g/mol. The van der Waals surface area contributed by atoms with Crippen LogP contribution >= 0.6 is 0 Å². The van der Waals surface area contributed by atoms with Gasteiger partial charge in [-0.05, 0) is 56.6 Å². The van der Waals surface area contributed by atoms with Crippen LogP contribution in [0.3, 0.4) is 0 Å². The van der Waals surface area contributed by atoms with E-state index in [0.717, 1.165) is 0 Å². The maximum atomic E-state index is 13.4. The lowest BCUT2D eigenvalue weighted by atomic mass is 9.96. The van der Waals surface area contributed by atoms with E-state index < -0.39 is 41.8 Å². The Morgan fingerprint density at radius 2 is 1.69 bits per heavy atom. The van der Waals surface area contributed by atoms with Crippen molar-refractivity contribution in [3.8, 4) is 0 Å². The predicted molar refractivity (Wildman–Crippen MR) is 144 cm³/mol. The number of hydrogen-bond acceptors (Lipinski definition) is 7. The maximum absolute atomic E-state index is 13.4. The van der Waals surface area contributed by atoms with Gasteiger partial charge in [0.15, 0.2) is 5.76 Å². The molecule has 0 unspecified atom stereocenters. The van der Waals surface area contributed by atoms with E-state index in [1.54, 1.807) is 13.0 Å². The van der Waals surface area contributed by atoms with E-state index in [1.165, 1.54) is 24.5 Å². The Kier molecular flexibility index (Phi) is 12.7. The third-order valence-electron chi connectivity index (χ3n) is 6.19. The molecule has 0 aromatic carbocycles. The van der Waals surface area contributed by atoms with Gasteiger partial charge in [0, 0.05) is 24.6 Å². The summed E-state index contributed by atoms with van der Waals surface area (Å²) >= 11 is 0. The van der Waals surface area contributed by atoms with Gasteiger partial charge in [-0.25, -0.2) is 4.79 Å². The third kappa shape index (κ3) is 10.9. The highest BCUT2D eigenvalue weighted by Gasteiger charge is 2.31. The first-order valence-electron chi connectivity index (χ1n) is 13.6. The molecule has 2 heterocycles. The summed E-state index contributed by atoms with van der Waals surface area (Å²) in [7, 11) is 0. The summed E-state index contributed by atoms with van der Waals surface area (Å²) < 4.78 is 10.1. The molecule has 1 saturated heterocycles. The number of amides is 4. The molecule has 0 bridgehead atoms. The van der Waals surface area contributed by atoms with Crippen LogP contribution in [0.4, 0.5) is 0 Å². The fourth-order valence-electron chi connectivity index (χ4n) is 4.35. The molecular weight excluding hydrogens is 504 g/mol. The molecule has 4 N–H and O–H groups in total. The average Bonchev–Trinajstić information content (AvgIpc) is 3.53. The Labute approximate surface area is 229 Å². The van der Waals surface area contributed by atoms with Gasteiger partial charge >= 0.3 is 5.97 Å². The number of carbonyl (C=O) groups excluding carboxylic acids is 5. The van der Waals surface area contributed by atoms with E-state index in [1.807, 2.05) is 27.7 Å². The van der Waals surface area contributed by atoms with E-state index in [-0.39, 0.29) is 36.0 Å². The van der Waals surface area contributed by atoms with Gasteiger partial charge in [0.2, 0.25) is 17.7 Å². The second-order valence-electron chi connectivity index (χ2n) is 10.6. The molecule has 1 aromatic rings. The molecule has 0 radical (unpaired) electrons. The summed E-state index contributed by atoms with van der Waals surface area (Å²) in [5.74, 6) is -2.19. The SMILES string of the molecule is CCOC(=O)/C=C/[C@H](C[C@@H]1CCNC1=O)NC(=O)[C@H](CC(C)C)NC(=O)[C@H](CC(C)C)NC(=O)c1ccco1. The third-order valence-corrected chi connectivity index (χ3v) is 6.19. The summed E-state index contributed by atoms with van der Waals surface area (Å²) in [6.45, 7) is 10.2. The van der Waals surface area contributed by atoms with Crippen molar-refractivity contribution in [2.75, 3.05) is 13.2 Å². The molecule has 0 saturated carbocycles. The zero-order valence-corrected chi connectivity index (χ0v) is 23.5. The summed E-state index contributed by atoms with van der Waals surface area (Å²) in [4.78, 5) is 63.4. The van der Waals surface area contributed by atoms with Crippen LogP contribution in [0.1, 0.15) is 70.9 Å². The van der Waals surface area contributed by atoms with Crippen molar-refractivity contribution in [3.05, 3.63) is 36.3 Å². The molecule has 1 fully saturated rings. The first kappa shape index (κ1) is 31.6. The second-order valence-corrected chi connectivity index (χ2v) is 10.6. The van der Waals surface area contributed by atoms with E-state index in [4.69, 9.17) is 9.15 Å². The topological polar surface area (TPSA) is 156 Å². The summed E-state index contributed by atoms with van der Waals surface area (Å²) in [6.07, 6.45) is 5.74. The quantitative estimate of drug-likeness (QED) is 0.194. The molecule has 2 rings (SSSR count). The van der Waals surface area contributed by atoms with Crippen molar-refractivity contribution < 1.29 is 33.1 Å². The van der Waals surface area contributed by atoms with Gasteiger partial charge in [0.1, 0.15) is 12.1 Å². The number of ether oxygens (including phenoxy) is 1. The van der Waals surface area contributed by atoms with Gasteiger partial charge in [-0.1, -0.05) is 33.8 Å². The molecule has 0 spiro atoms. The number of carbonyl (C=O) groups is 5. The number of esters is 1. The van der Waals surface area contributed by atoms with E-state index in [2.05, 4.69) is 21.3 Å². The fraction of sp³-hybridized carbons (Fsp3) is 0.607. The first-order chi connectivity index (χ1) is 18.5. The Balaban J connectivity index is 2.18. The molecule has 216 valence electrons. The van der Waals surface area contributed by atoms with Gasteiger partial charge in [-0.3, -0.25) is 19.2 Å². The standard InChI is InChI=1S/C28H42N4O7/c1-6-38-24(33)10-9-20(16-19-11-12-29-25(19)34)30-26(35)21(14-17(2)3)31-27(36)22(15-18(4)5)32-28(37)23-8-7-13-39-23/h7-10,13,17-22H,6,11-12,14-16H2,1-5H3,(H,29,34)(H,30,35)(H,31,36)(H,32,37)/b10-9+/t19-,20+,21-,22-/m0/s1. The molecule has 4 amide bonds. The zero-order valence-electron chi connectivity index (χ0n) is 23.5. The summed E-state index contributed by atoms with van der Waals surface area (Å²) in [5, 5.41) is 11.2. The molecule has 0 aliphatic carbocycles. The Morgan fingerprint density at radius 1 is 1.05 bits per heavy atom. The molecule has 1 aliphatic rings. The monoisotopic (exact) mass is 546 g/mol. The molecule has 1 aromatic heterocycles. The lowest BCUT2D eigenvalue weighted by molar-refractivity contribution is -0.137. The van der Waals surface area contributed by atoms with Gasteiger partial charge in [0.05, 0.1) is 12.9 Å². The minimum absolute atomic E-state index is 0.0662. The molecule has 4 atom stereocenters. The number of hydrogen-bond donors (Lipinski definition) is 4. The minimum Gasteiger partial charge on any atom is -0.463 e. The van der Waals surface area contributed by atoms with Crippen molar-refractivity contribution in [1.82, 2.24) is 21.3 Å². The van der Waals surface area contributed by atoms with Crippen LogP contribution in [0.25, 0.3) is 0 Å². The van der Waals surface area contributed by atoms with E-state index in [9.17, 15) is 24.0 Å². The molecule has 11 heteroatoms.